The first-order valence-electron chi connectivity index (χ1n) is 16.2. The standard InChI is InChI=1S/C34H48N6O6S/c1-9-18(3)25-29(42)39-27(21(6)46-34(7,8)10-2)31(44)36-23(16-22-14-12-11-13-15-22)32-40-26(20(5)45-32)30(43)35-19(4)33-37-24(17-47-33)28(41)38-25/h10-15,18-21,23-27H,2,9,16-17H2,1,3-8H3,(H,35,43)(H,36,44)(H,38,41)(H,39,42)/t18-,19-,20?,21+,23-,24?,25?,26?,27-/m0/s1. The molecule has 256 valence electrons. The molecule has 4 bridgehead atoms. The molecule has 47 heavy (non-hydrogen) atoms. The number of carbonyl (C=O) groups excluding carboxylic acids is 4. The molecule has 0 aliphatic carbocycles. The van der Waals surface area contributed by atoms with Crippen LogP contribution in [0.2, 0.25) is 0 Å². The number of nitrogens with one attached hydrogen (secondary N) is 4. The zero-order valence-electron chi connectivity index (χ0n) is 28.2. The van der Waals surface area contributed by atoms with Gasteiger partial charge in [0.25, 0.3) is 0 Å². The average Bonchev–Trinajstić information content (AvgIpc) is 3.69. The zero-order valence-corrected chi connectivity index (χ0v) is 29.1. The average molecular weight is 669 g/mol. The molecule has 0 aromatic heterocycles. The molecule has 12 nitrogen and oxygen atoms in total. The van der Waals surface area contributed by atoms with Gasteiger partial charge in [0.1, 0.15) is 30.3 Å². The van der Waals surface area contributed by atoms with E-state index in [1.165, 1.54) is 11.8 Å². The number of thioether (sulfide) groups is 1. The Morgan fingerprint density at radius 1 is 0.979 bits per heavy atom. The van der Waals surface area contributed by atoms with Crippen LogP contribution in [0.1, 0.15) is 60.5 Å². The number of fused-ring (bicyclic) bond motifs is 2. The fourth-order valence-corrected chi connectivity index (χ4v) is 6.66. The Labute approximate surface area is 281 Å². The third kappa shape index (κ3) is 9.01. The highest BCUT2D eigenvalue weighted by Gasteiger charge is 2.41. The van der Waals surface area contributed by atoms with Crippen LogP contribution in [0, 0.1) is 5.92 Å². The molecule has 4 rings (SSSR count). The molecule has 0 radical (unpaired) electrons. The van der Waals surface area contributed by atoms with E-state index in [1.54, 1.807) is 40.7 Å². The highest BCUT2D eigenvalue weighted by Crippen LogP contribution is 2.24. The molecule has 1 aromatic rings. The number of carbonyl (C=O) groups is 4. The lowest BCUT2D eigenvalue weighted by Crippen LogP contribution is -2.61. The van der Waals surface area contributed by atoms with Gasteiger partial charge in [-0.25, -0.2) is 4.99 Å². The largest absolute Gasteiger partial charge is 0.474 e. The van der Waals surface area contributed by atoms with Crippen LogP contribution in [0.4, 0.5) is 0 Å². The third-order valence-corrected chi connectivity index (χ3v) is 9.95. The highest BCUT2D eigenvalue weighted by atomic mass is 32.2. The summed E-state index contributed by atoms with van der Waals surface area (Å²) in [7, 11) is 0. The van der Waals surface area contributed by atoms with Gasteiger partial charge in [0, 0.05) is 12.2 Å². The van der Waals surface area contributed by atoms with Gasteiger partial charge in [-0.1, -0.05) is 56.7 Å². The second-order valence-corrected chi connectivity index (χ2v) is 14.0. The Morgan fingerprint density at radius 3 is 2.30 bits per heavy atom. The zero-order chi connectivity index (χ0) is 34.5. The fourth-order valence-electron chi connectivity index (χ4n) is 5.59. The molecule has 4 amide bonds. The van der Waals surface area contributed by atoms with Crippen molar-refractivity contribution in [2.75, 3.05) is 5.75 Å². The molecule has 9 atom stereocenters. The van der Waals surface area contributed by atoms with Gasteiger partial charge in [-0.15, -0.1) is 18.3 Å². The maximum atomic E-state index is 14.2. The van der Waals surface area contributed by atoms with Crippen LogP contribution in [0.5, 0.6) is 0 Å². The van der Waals surface area contributed by atoms with Crippen LogP contribution in [-0.4, -0.2) is 94.4 Å². The van der Waals surface area contributed by atoms with Gasteiger partial charge in [-0.05, 0) is 46.1 Å². The van der Waals surface area contributed by atoms with E-state index in [2.05, 4.69) is 37.8 Å². The van der Waals surface area contributed by atoms with Gasteiger partial charge < -0.3 is 30.7 Å². The van der Waals surface area contributed by atoms with E-state index in [4.69, 9.17) is 9.47 Å². The fraction of sp³-hybridized carbons (Fsp3) is 0.588. The van der Waals surface area contributed by atoms with Crippen molar-refractivity contribution in [3.63, 3.8) is 0 Å². The normalized spacial score (nSPS) is 30.2. The number of benzene rings is 1. The molecule has 0 spiro atoms. The predicted octanol–water partition coefficient (Wildman–Crippen LogP) is 2.32. The number of ether oxygens (including phenoxy) is 2. The second kappa shape index (κ2) is 15.5. The summed E-state index contributed by atoms with van der Waals surface area (Å²) in [4.78, 5) is 64.3. The number of nitrogens with zero attached hydrogens (tertiary/aromatic N) is 2. The summed E-state index contributed by atoms with van der Waals surface area (Å²) in [5.41, 5.74) is 0.0923. The highest BCUT2D eigenvalue weighted by molar-refractivity contribution is 8.14. The van der Waals surface area contributed by atoms with Crippen molar-refractivity contribution in [1.82, 2.24) is 21.3 Å². The molecule has 4 unspecified atom stereocenters. The Kier molecular flexibility index (Phi) is 11.9. The smallest absolute Gasteiger partial charge is 0.249 e. The van der Waals surface area contributed by atoms with Crippen molar-refractivity contribution in [2.24, 2.45) is 15.9 Å². The first kappa shape index (κ1) is 36.1. The summed E-state index contributed by atoms with van der Waals surface area (Å²) in [5, 5.41) is 12.4. The third-order valence-electron chi connectivity index (χ3n) is 8.71. The maximum Gasteiger partial charge on any atom is 0.249 e. The lowest BCUT2D eigenvalue weighted by atomic mass is 9.97. The molecule has 4 N–H and O–H groups in total. The summed E-state index contributed by atoms with van der Waals surface area (Å²) in [6, 6.07) is 4.58. The summed E-state index contributed by atoms with van der Waals surface area (Å²) in [5.74, 6) is -1.47. The monoisotopic (exact) mass is 668 g/mol. The number of aliphatic imine (C=N–C) groups is 2. The van der Waals surface area contributed by atoms with Gasteiger partial charge >= 0.3 is 0 Å². The minimum Gasteiger partial charge on any atom is -0.474 e. The van der Waals surface area contributed by atoms with E-state index in [9.17, 15) is 19.2 Å². The Morgan fingerprint density at radius 2 is 1.64 bits per heavy atom. The summed E-state index contributed by atoms with van der Waals surface area (Å²) in [6.07, 6.45) is 1.11. The Bertz CT molecular complexity index is 1400. The molecule has 0 saturated heterocycles. The lowest BCUT2D eigenvalue weighted by Gasteiger charge is -2.33. The van der Waals surface area contributed by atoms with E-state index in [-0.39, 0.29) is 17.7 Å². The van der Waals surface area contributed by atoms with Crippen molar-refractivity contribution in [3.8, 4) is 0 Å². The predicted molar refractivity (Wildman–Crippen MR) is 183 cm³/mol. The maximum absolute atomic E-state index is 14.2. The Balaban J connectivity index is 1.77. The summed E-state index contributed by atoms with van der Waals surface area (Å²) < 4.78 is 12.3. The minimum absolute atomic E-state index is 0.214. The van der Waals surface area contributed by atoms with E-state index >= 15 is 0 Å². The minimum atomic E-state index is -1.17. The topological polar surface area (TPSA) is 160 Å². The summed E-state index contributed by atoms with van der Waals surface area (Å²) >= 11 is 1.39. The van der Waals surface area contributed by atoms with Crippen LogP contribution < -0.4 is 21.3 Å². The first-order chi connectivity index (χ1) is 22.2. The van der Waals surface area contributed by atoms with Crippen LogP contribution in [0.15, 0.2) is 53.0 Å². The number of hydrogen-bond acceptors (Lipinski definition) is 9. The lowest BCUT2D eigenvalue weighted by molar-refractivity contribution is -0.138. The van der Waals surface area contributed by atoms with Crippen molar-refractivity contribution in [1.29, 1.82) is 0 Å². The van der Waals surface area contributed by atoms with Crippen LogP contribution >= 0.6 is 11.8 Å². The van der Waals surface area contributed by atoms with Gasteiger partial charge in [0.15, 0.2) is 6.04 Å². The van der Waals surface area contributed by atoms with Crippen LogP contribution in [-0.2, 0) is 35.1 Å². The quantitative estimate of drug-likeness (QED) is 0.310. The van der Waals surface area contributed by atoms with Gasteiger partial charge in [-0.3, -0.25) is 24.2 Å². The Hall–Kier alpha value is -3.71. The van der Waals surface area contributed by atoms with E-state index in [0.717, 1.165) is 5.56 Å². The molecule has 13 heteroatoms. The SMILES string of the molecule is C=CC(C)(C)O[C@H](C)[C@@H]1NC(=O)C([C@@H](C)CC)NC(=O)C2CSC(=N2)[C@H](C)NC(=O)C2N=C(OC2C)[C@H](Cc2ccccc2)NC1=O. The number of hydrogen-bond donors (Lipinski definition) is 4. The molecular formula is C34H48N6O6S. The van der Waals surface area contributed by atoms with Crippen LogP contribution in [0.25, 0.3) is 0 Å². The molecule has 1 aromatic carbocycles. The van der Waals surface area contributed by atoms with E-state index in [1.807, 2.05) is 44.2 Å². The van der Waals surface area contributed by atoms with Crippen LogP contribution in [0.3, 0.4) is 0 Å². The van der Waals surface area contributed by atoms with E-state index < -0.39 is 71.8 Å². The molecular weight excluding hydrogens is 620 g/mol. The van der Waals surface area contributed by atoms with Crippen molar-refractivity contribution >= 4 is 46.3 Å². The first-order valence-corrected chi connectivity index (χ1v) is 17.2. The second-order valence-electron chi connectivity index (χ2n) is 13.0. The van der Waals surface area contributed by atoms with Crippen molar-refractivity contribution in [2.45, 2.75) is 115 Å². The van der Waals surface area contributed by atoms with Crippen molar-refractivity contribution < 1.29 is 28.7 Å². The molecule has 0 saturated carbocycles. The number of rotatable bonds is 8. The molecule has 3 heterocycles. The molecule has 0 fully saturated rings. The molecule has 3 aliphatic rings. The van der Waals surface area contributed by atoms with E-state index in [0.29, 0.717) is 23.6 Å². The molecule has 3 aliphatic heterocycles. The summed E-state index contributed by atoms with van der Waals surface area (Å²) in [6.45, 7) is 16.5. The number of amides is 4. The van der Waals surface area contributed by atoms with Gasteiger partial charge in [0.2, 0.25) is 29.5 Å². The van der Waals surface area contributed by atoms with Crippen molar-refractivity contribution in [3.05, 3.63) is 48.6 Å². The van der Waals surface area contributed by atoms with Gasteiger partial charge in [0.05, 0.1) is 22.8 Å². The van der Waals surface area contributed by atoms with Gasteiger partial charge in [-0.2, -0.15) is 0 Å².